The van der Waals surface area contributed by atoms with Crippen molar-refractivity contribution in [1.82, 2.24) is 0 Å². The predicted molar refractivity (Wildman–Crippen MR) is 171 cm³/mol. The molecule has 0 aliphatic heterocycles. The van der Waals surface area contributed by atoms with Crippen molar-refractivity contribution in [1.29, 1.82) is 0 Å². The molecule has 0 fully saturated rings. The van der Waals surface area contributed by atoms with Gasteiger partial charge in [-0.05, 0) is 103 Å². The maximum Gasteiger partial charge on any atom is 0.163 e. The number of carbonyl (C=O) groups is 3. The summed E-state index contributed by atoms with van der Waals surface area (Å²) < 4.78 is 0. The van der Waals surface area contributed by atoms with Gasteiger partial charge in [0.05, 0.1) is 6.42 Å². The van der Waals surface area contributed by atoms with Crippen LogP contribution in [-0.4, -0.2) is 17.3 Å². The molecule has 3 heteroatoms. The second-order valence-corrected chi connectivity index (χ2v) is 14.0. The van der Waals surface area contributed by atoms with Crippen LogP contribution in [0.25, 0.3) is 0 Å². The fraction of sp³-hybridized carbons (Fsp3) is 0.605. The summed E-state index contributed by atoms with van der Waals surface area (Å²) in [5.74, 6) is 1.01. The largest absolute Gasteiger partial charge is 0.300 e. The van der Waals surface area contributed by atoms with E-state index in [-0.39, 0.29) is 46.9 Å². The Balaban J connectivity index is 1.86. The lowest BCUT2D eigenvalue weighted by Crippen LogP contribution is -2.30. The van der Waals surface area contributed by atoms with Crippen molar-refractivity contribution in [2.45, 2.75) is 131 Å². The van der Waals surface area contributed by atoms with Gasteiger partial charge in [0.2, 0.25) is 0 Å². The monoisotopic (exact) mass is 558 g/mol. The van der Waals surface area contributed by atoms with Crippen LogP contribution in [0.4, 0.5) is 0 Å². The van der Waals surface area contributed by atoms with E-state index in [0.717, 1.165) is 56.1 Å². The zero-order chi connectivity index (χ0) is 30.5. The first-order valence-electron chi connectivity index (χ1n) is 16.1. The number of benzene rings is 2. The first-order chi connectivity index (χ1) is 19.3. The van der Waals surface area contributed by atoms with Gasteiger partial charge in [-0.3, -0.25) is 14.4 Å². The summed E-state index contributed by atoms with van der Waals surface area (Å²) in [5.41, 5.74) is 8.82. The van der Waals surface area contributed by atoms with Gasteiger partial charge in [-0.25, -0.2) is 0 Å². The van der Waals surface area contributed by atoms with Crippen molar-refractivity contribution < 1.29 is 14.4 Å². The fourth-order valence-corrected chi connectivity index (χ4v) is 7.11. The third kappa shape index (κ3) is 8.27. The number of hydrogen-bond acceptors (Lipinski definition) is 3. The molecular formula is C38H54O3. The summed E-state index contributed by atoms with van der Waals surface area (Å²) in [4.78, 5) is 38.5. The Morgan fingerprint density at radius 2 is 1.66 bits per heavy atom. The maximum absolute atomic E-state index is 13.8. The van der Waals surface area contributed by atoms with Gasteiger partial charge < -0.3 is 0 Å². The number of carbonyl (C=O) groups excluding carboxylic acids is 3. The molecule has 2 aromatic rings. The highest BCUT2D eigenvalue weighted by Gasteiger charge is 2.34. The number of rotatable bonds is 13. The Kier molecular flexibility index (Phi) is 11.3. The molecular weight excluding hydrogens is 504 g/mol. The van der Waals surface area contributed by atoms with E-state index in [1.807, 2.05) is 0 Å². The summed E-state index contributed by atoms with van der Waals surface area (Å²) in [6.45, 7) is 19.1. The molecule has 0 aromatic heterocycles. The van der Waals surface area contributed by atoms with E-state index < -0.39 is 0 Å². The molecule has 1 aliphatic carbocycles. The second kappa shape index (κ2) is 14.1. The molecule has 3 nitrogen and oxygen atoms in total. The van der Waals surface area contributed by atoms with Crippen molar-refractivity contribution in [3.63, 3.8) is 0 Å². The van der Waals surface area contributed by atoms with Gasteiger partial charge in [0.15, 0.2) is 5.78 Å². The van der Waals surface area contributed by atoms with Gasteiger partial charge in [0, 0.05) is 17.9 Å². The van der Waals surface area contributed by atoms with Gasteiger partial charge in [0.25, 0.3) is 0 Å². The van der Waals surface area contributed by atoms with Crippen molar-refractivity contribution >= 4 is 17.3 Å². The number of hydrogen-bond donors (Lipinski definition) is 0. The molecule has 0 saturated heterocycles. The average Bonchev–Trinajstić information content (AvgIpc) is 2.87. The molecule has 1 aliphatic rings. The normalized spacial score (nSPS) is 16.9. The van der Waals surface area contributed by atoms with E-state index in [0.29, 0.717) is 12.3 Å². The van der Waals surface area contributed by atoms with Crippen molar-refractivity contribution in [2.75, 3.05) is 0 Å². The minimum atomic E-state index is -0.0958. The van der Waals surface area contributed by atoms with Crippen LogP contribution >= 0.6 is 0 Å². The van der Waals surface area contributed by atoms with E-state index in [1.54, 1.807) is 0 Å². The summed E-state index contributed by atoms with van der Waals surface area (Å²) in [6.07, 6.45) is 6.99. The minimum absolute atomic E-state index is 0.0331. The topological polar surface area (TPSA) is 51.2 Å². The zero-order valence-electron chi connectivity index (χ0n) is 27.3. The Morgan fingerprint density at radius 1 is 1.00 bits per heavy atom. The summed E-state index contributed by atoms with van der Waals surface area (Å²) >= 11 is 0. The van der Waals surface area contributed by atoms with Gasteiger partial charge in [-0.1, -0.05) is 91.6 Å². The van der Waals surface area contributed by atoms with E-state index in [4.69, 9.17) is 0 Å². The zero-order valence-corrected chi connectivity index (χ0v) is 27.3. The molecule has 3 atom stereocenters. The van der Waals surface area contributed by atoms with E-state index in [2.05, 4.69) is 85.7 Å². The quantitative estimate of drug-likeness (QED) is 0.230. The Hall–Kier alpha value is -2.55. The summed E-state index contributed by atoms with van der Waals surface area (Å²) in [6, 6.07) is 11.4. The minimum Gasteiger partial charge on any atom is -0.300 e. The average molecular weight is 559 g/mol. The molecule has 41 heavy (non-hydrogen) atoms. The predicted octanol–water partition coefficient (Wildman–Crippen LogP) is 9.33. The van der Waals surface area contributed by atoms with Gasteiger partial charge >= 0.3 is 0 Å². The molecule has 3 rings (SSSR count). The molecule has 0 radical (unpaired) electrons. The SMILES string of the molecule is CCCC(CC1CC(=O)c2c(C)c(CCc3ccc(C(C)(C)C)cc3)cc(C(C)C)c2C1)C(CC)C(=O)CC(C)=O. The summed E-state index contributed by atoms with van der Waals surface area (Å²) in [5, 5.41) is 0. The van der Waals surface area contributed by atoms with Crippen molar-refractivity contribution in [2.24, 2.45) is 17.8 Å². The third-order valence-electron chi connectivity index (χ3n) is 9.35. The van der Waals surface area contributed by atoms with E-state index in [1.165, 1.54) is 34.7 Å². The first kappa shape index (κ1) is 33.0. The van der Waals surface area contributed by atoms with Gasteiger partial charge in [-0.2, -0.15) is 0 Å². The second-order valence-electron chi connectivity index (χ2n) is 14.0. The molecule has 0 amide bonds. The first-order valence-corrected chi connectivity index (χ1v) is 16.1. The highest BCUT2D eigenvalue weighted by atomic mass is 16.1. The Labute approximate surface area is 249 Å². The fourth-order valence-electron chi connectivity index (χ4n) is 7.11. The maximum atomic E-state index is 13.8. The van der Waals surface area contributed by atoms with Crippen LogP contribution in [-0.2, 0) is 34.3 Å². The Morgan fingerprint density at radius 3 is 2.20 bits per heavy atom. The lowest BCUT2D eigenvalue weighted by molar-refractivity contribution is -0.129. The van der Waals surface area contributed by atoms with Crippen LogP contribution in [0.1, 0.15) is 144 Å². The van der Waals surface area contributed by atoms with Crippen LogP contribution in [0.3, 0.4) is 0 Å². The standard InChI is InChI=1S/C38H54O3/c1-10-12-30(32(11-2)35(40)19-25(5)39)20-28-21-34-33(24(3)4)23-29(26(6)37(34)36(41)22-28)16-13-27-14-17-31(18-15-27)38(7,8)9/h14-15,17-18,23-24,28,30,32H,10-13,16,19-22H2,1-9H3. The third-order valence-corrected chi connectivity index (χ3v) is 9.35. The van der Waals surface area contributed by atoms with Crippen molar-refractivity contribution in [3.05, 3.63) is 69.3 Å². The molecule has 2 aromatic carbocycles. The molecule has 0 bridgehead atoms. The molecule has 0 spiro atoms. The van der Waals surface area contributed by atoms with E-state index in [9.17, 15) is 14.4 Å². The molecule has 0 N–H and O–H groups in total. The van der Waals surface area contributed by atoms with E-state index >= 15 is 0 Å². The highest BCUT2D eigenvalue weighted by molar-refractivity contribution is 6.01. The Bertz CT molecular complexity index is 1230. The van der Waals surface area contributed by atoms with Crippen molar-refractivity contribution in [3.8, 4) is 0 Å². The van der Waals surface area contributed by atoms with Gasteiger partial charge in [0.1, 0.15) is 11.6 Å². The number of fused-ring (bicyclic) bond motifs is 1. The number of aryl methyl sites for hydroxylation is 2. The van der Waals surface area contributed by atoms with Crippen LogP contribution in [0.2, 0.25) is 0 Å². The van der Waals surface area contributed by atoms with Crippen LogP contribution in [0, 0.1) is 24.7 Å². The van der Waals surface area contributed by atoms with Crippen LogP contribution in [0.5, 0.6) is 0 Å². The lowest BCUT2D eigenvalue weighted by Gasteiger charge is -2.33. The molecule has 0 saturated carbocycles. The van der Waals surface area contributed by atoms with Gasteiger partial charge in [-0.15, -0.1) is 0 Å². The van der Waals surface area contributed by atoms with Crippen LogP contribution in [0.15, 0.2) is 30.3 Å². The lowest BCUT2D eigenvalue weighted by atomic mass is 9.70. The number of ketones is 3. The smallest absolute Gasteiger partial charge is 0.163 e. The molecule has 224 valence electrons. The van der Waals surface area contributed by atoms with Crippen LogP contribution < -0.4 is 0 Å². The highest BCUT2D eigenvalue weighted by Crippen LogP contribution is 2.40. The molecule has 0 heterocycles. The number of Topliss-reactive ketones (excluding diaryl/α,β-unsaturated/α-hetero) is 3. The summed E-state index contributed by atoms with van der Waals surface area (Å²) in [7, 11) is 0. The molecule has 3 unspecified atom stereocenters.